The van der Waals surface area contributed by atoms with Gasteiger partial charge in [0.2, 0.25) is 0 Å². The second-order valence-electron chi connectivity index (χ2n) is 3.34. The molecule has 1 saturated heterocycles. The number of fused-ring (bicyclic) bond motifs is 1. The molecule has 3 atom stereocenters. The van der Waals surface area contributed by atoms with Gasteiger partial charge in [0.25, 0.3) is 0 Å². The first-order valence-electron chi connectivity index (χ1n) is 4.21. The molecule has 1 aliphatic heterocycles. The van der Waals surface area contributed by atoms with Crippen LogP contribution < -0.4 is 0 Å². The third-order valence-electron chi connectivity index (χ3n) is 2.49. The summed E-state index contributed by atoms with van der Waals surface area (Å²) in [6.45, 7) is 0. The molecular weight excluding hydrogens is 144 g/mol. The van der Waals surface area contributed by atoms with E-state index in [0.717, 1.165) is 11.7 Å². The van der Waals surface area contributed by atoms with Gasteiger partial charge in [0.1, 0.15) is 0 Å². The first-order valence-corrected chi connectivity index (χ1v) is 5.16. The molecule has 1 saturated carbocycles. The van der Waals surface area contributed by atoms with Crippen LogP contribution in [0.2, 0.25) is 0 Å². The molecule has 0 aromatic rings. The molecule has 2 aliphatic rings. The summed E-state index contributed by atoms with van der Waals surface area (Å²) in [5.41, 5.74) is 0. The molecule has 0 spiro atoms. The Kier molecular flexibility index (Phi) is 1.92. The van der Waals surface area contributed by atoms with Crippen LogP contribution in [0.25, 0.3) is 0 Å². The summed E-state index contributed by atoms with van der Waals surface area (Å²) in [7, 11) is 0. The molecule has 2 fully saturated rings. The van der Waals surface area contributed by atoms with E-state index in [4.69, 9.17) is 0 Å². The third kappa shape index (κ3) is 1.32. The third-order valence-corrected chi connectivity index (χ3v) is 4.01. The van der Waals surface area contributed by atoms with Crippen LogP contribution in [-0.4, -0.2) is 21.7 Å². The summed E-state index contributed by atoms with van der Waals surface area (Å²) in [6, 6.07) is 0. The minimum Gasteiger partial charge on any atom is -0.392 e. The second-order valence-corrected chi connectivity index (χ2v) is 4.77. The lowest BCUT2D eigenvalue weighted by atomic mass is 9.99. The molecule has 1 nitrogen and oxygen atoms in total. The minimum absolute atomic E-state index is 0.0234. The Labute approximate surface area is 66.2 Å². The van der Waals surface area contributed by atoms with Gasteiger partial charge in [-0.15, -0.1) is 0 Å². The Hall–Kier alpha value is 0.310. The molecule has 0 amide bonds. The van der Waals surface area contributed by atoms with Crippen molar-refractivity contribution >= 4 is 11.8 Å². The Balaban J connectivity index is 1.88. The van der Waals surface area contributed by atoms with E-state index in [1.807, 2.05) is 11.8 Å². The van der Waals surface area contributed by atoms with Gasteiger partial charge in [-0.2, -0.15) is 11.8 Å². The highest BCUT2D eigenvalue weighted by Gasteiger charge is 2.43. The molecule has 10 heavy (non-hydrogen) atoms. The highest BCUT2D eigenvalue weighted by molar-refractivity contribution is 8.07. The Morgan fingerprint density at radius 2 is 1.90 bits per heavy atom. The van der Waals surface area contributed by atoms with Crippen molar-refractivity contribution < 1.29 is 5.11 Å². The average Bonchev–Trinajstić information content (AvgIpc) is 2.62. The van der Waals surface area contributed by atoms with Crippen LogP contribution in [0.5, 0.6) is 0 Å². The SMILES string of the molecule is OC1CCCCC[C@@H]2S[C@H]12. The van der Waals surface area contributed by atoms with E-state index in [1.165, 1.54) is 25.7 Å². The van der Waals surface area contributed by atoms with Crippen LogP contribution in [0, 0.1) is 0 Å². The molecule has 1 unspecified atom stereocenters. The van der Waals surface area contributed by atoms with Crippen molar-refractivity contribution in [3.63, 3.8) is 0 Å². The van der Waals surface area contributed by atoms with E-state index in [-0.39, 0.29) is 6.10 Å². The summed E-state index contributed by atoms with van der Waals surface area (Å²) in [5.74, 6) is 0. The fraction of sp³-hybridized carbons (Fsp3) is 1.00. The Morgan fingerprint density at radius 1 is 1.10 bits per heavy atom. The van der Waals surface area contributed by atoms with Crippen molar-refractivity contribution in [2.24, 2.45) is 0 Å². The molecule has 2 heteroatoms. The van der Waals surface area contributed by atoms with Crippen molar-refractivity contribution in [3.8, 4) is 0 Å². The fourth-order valence-corrected chi connectivity index (χ4v) is 3.02. The monoisotopic (exact) mass is 158 g/mol. The molecular formula is C8H14OS. The van der Waals surface area contributed by atoms with Crippen LogP contribution in [0.4, 0.5) is 0 Å². The lowest BCUT2D eigenvalue weighted by Crippen LogP contribution is -2.17. The zero-order chi connectivity index (χ0) is 6.97. The smallest absolute Gasteiger partial charge is 0.0669 e. The van der Waals surface area contributed by atoms with Gasteiger partial charge in [-0.05, 0) is 12.8 Å². The summed E-state index contributed by atoms with van der Waals surface area (Å²) in [4.78, 5) is 0. The van der Waals surface area contributed by atoms with Crippen LogP contribution in [0.3, 0.4) is 0 Å². The first-order chi connectivity index (χ1) is 4.88. The highest BCUT2D eigenvalue weighted by Crippen LogP contribution is 2.48. The van der Waals surface area contributed by atoms with E-state index in [0.29, 0.717) is 5.25 Å². The number of hydrogen-bond acceptors (Lipinski definition) is 2. The van der Waals surface area contributed by atoms with Crippen LogP contribution in [0.15, 0.2) is 0 Å². The van der Waals surface area contributed by atoms with Gasteiger partial charge in [0.05, 0.1) is 6.10 Å². The summed E-state index contributed by atoms with van der Waals surface area (Å²) in [6.07, 6.45) is 6.39. The molecule has 0 aromatic carbocycles. The quantitative estimate of drug-likeness (QED) is 0.542. The number of thioether (sulfide) groups is 1. The van der Waals surface area contributed by atoms with Gasteiger partial charge in [0, 0.05) is 10.5 Å². The predicted octanol–water partition coefficient (Wildman–Crippen LogP) is 1.80. The number of rotatable bonds is 0. The van der Waals surface area contributed by atoms with Crippen molar-refractivity contribution in [1.29, 1.82) is 0 Å². The van der Waals surface area contributed by atoms with Gasteiger partial charge < -0.3 is 5.11 Å². The van der Waals surface area contributed by atoms with E-state index >= 15 is 0 Å². The van der Waals surface area contributed by atoms with Gasteiger partial charge >= 0.3 is 0 Å². The maximum Gasteiger partial charge on any atom is 0.0669 e. The Bertz CT molecular complexity index is 126. The summed E-state index contributed by atoms with van der Waals surface area (Å²) >= 11 is 1.98. The Morgan fingerprint density at radius 3 is 2.80 bits per heavy atom. The molecule has 0 aromatic heterocycles. The minimum atomic E-state index is 0.0234. The number of aliphatic hydroxyl groups excluding tert-OH is 1. The largest absolute Gasteiger partial charge is 0.392 e. The normalized spacial score (nSPS) is 47.1. The summed E-state index contributed by atoms with van der Waals surface area (Å²) in [5, 5.41) is 11.0. The van der Waals surface area contributed by atoms with Crippen LogP contribution in [0.1, 0.15) is 32.1 Å². The van der Waals surface area contributed by atoms with E-state index in [1.54, 1.807) is 0 Å². The zero-order valence-corrected chi connectivity index (χ0v) is 6.94. The standard InChI is InChI=1S/C8H14OS/c9-6-4-2-1-3-5-7-8(6)10-7/h6-9H,1-5H2/t6?,7-,8+/m0/s1. The van der Waals surface area contributed by atoms with Crippen molar-refractivity contribution in [3.05, 3.63) is 0 Å². The topological polar surface area (TPSA) is 20.2 Å². The molecule has 58 valence electrons. The number of hydrogen-bond donors (Lipinski definition) is 1. The highest BCUT2D eigenvalue weighted by atomic mass is 32.2. The van der Waals surface area contributed by atoms with Crippen LogP contribution >= 0.6 is 11.8 Å². The van der Waals surface area contributed by atoms with Gasteiger partial charge in [0.15, 0.2) is 0 Å². The van der Waals surface area contributed by atoms with Crippen molar-refractivity contribution in [1.82, 2.24) is 0 Å². The fourth-order valence-electron chi connectivity index (χ4n) is 1.77. The second kappa shape index (κ2) is 2.74. The molecule has 1 heterocycles. The zero-order valence-electron chi connectivity index (χ0n) is 6.12. The first kappa shape index (κ1) is 6.99. The molecule has 1 aliphatic carbocycles. The van der Waals surface area contributed by atoms with Crippen molar-refractivity contribution in [2.45, 2.75) is 48.7 Å². The van der Waals surface area contributed by atoms with E-state index in [9.17, 15) is 5.11 Å². The van der Waals surface area contributed by atoms with Crippen LogP contribution in [-0.2, 0) is 0 Å². The van der Waals surface area contributed by atoms with Gasteiger partial charge in [-0.1, -0.05) is 19.3 Å². The lowest BCUT2D eigenvalue weighted by Gasteiger charge is -2.11. The van der Waals surface area contributed by atoms with E-state index in [2.05, 4.69) is 0 Å². The maximum absolute atomic E-state index is 9.50. The number of aliphatic hydroxyl groups is 1. The van der Waals surface area contributed by atoms with Gasteiger partial charge in [-0.3, -0.25) is 0 Å². The summed E-state index contributed by atoms with van der Waals surface area (Å²) < 4.78 is 0. The average molecular weight is 158 g/mol. The predicted molar refractivity (Wildman–Crippen MR) is 44.3 cm³/mol. The molecule has 0 radical (unpaired) electrons. The van der Waals surface area contributed by atoms with Gasteiger partial charge in [-0.25, -0.2) is 0 Å². The molecule has 1 N–H and O–H groups in total. The molecule has 2 rings (SSSR count). The lowest BCUT2D eigenvalue weighted by molar-refractivity contribution is 0.160. The van der Waals surface area contributed by atoms with Crippen molar-refractivity contribution in [2.75, 3.05) is 0 Å². The van der Waals surface area contributed by atoms with E-state index < -0.39 is 0 Å². The molecule has 0 bridgehead atoms. The maximum atomic E-state index is 9.50.